The summed E-state index contributed by atoms with van der Waals surface area (Å²) in [5.74, 6) is -0.0826. The van der Waals surface area contributed by atoms with E-state index in [1.807, 2.05) is 0 Å². The van der Waals surface area contributed by atoms with Gasteiger partial charge in [-0.05, 0) is 60.5 Å². The van der Waals surface area contributed by atoms with Crippen LogP contribution in [0.4, 0.5) is 0 Å². The molecule has 0 fully saturated rings. The third-order valence-corrected chi connectivity index (χ3v) is 4.75. The number of benzene rings is 2. The Kier molecular flexibility index (Phi) is 5.53. The van der Waals surface area contributed by atoms with Crippen molar-refractivity contribution in [1.29, 1.82) is 0 Å². The molecule has 8 nitrogen and oxygen atoms in total. The quantitative estimate of drug-likeness (QED) is 0.463. The van der Waals surface area contributed by atoms with Crippen molar-refractivity contribution in [1.82, 2.24) is 25.3 Å². The van der Waals surface area contributed by atoms with E-state index < -0.39 is 5.69 Å². The van der Waals surface area contributed by atoms with Crippen molar-refractivity contribution < 1.29 is 9.90 Å². The number of nitrogens with zero attached hydrogens (tertiary/aromatic N) is 3. The number of aromatic amines is 1. The Balaban J connectivity index is 1.61. The van der Waals surface area contributed by atoms with Crippen LogP contribution in [0.3, 0.4) is 0 Å². The number of aromatic nitrogens is 4. The third-order valence-electron chi connectivity index (χ3n) is 4.75. The molecular formula is C23H19N5O3. The van der Waals surface area contributed by atoms with E-state index in [0.29, 0.717) is 33.8 Å². The summed E-state index contributed by atoms with van der Waals surface area (Å²) in [5.41, 5.74) is 3.72. The standard InChI is InChI=1S/C23H19N5O3/c1-14-9-16(5-6-21(14)29)20-11-19(27-23(31)28-20)15-3-2-4-17(10-15)22(30)25-12-18-7-8-24-13-26-18/h2-11,13,29H,12H2,1H3,(H,25,30)(H,27,28,31). The zero-order chi connectivity index (χ0) is 21.8. The summed E-state index contributed by atoms with van der Waals surface area (Å²) >= 11 is 0. The topological polar surface area (TPSA) is 121 Å². The number of nitrogens with one attached hydrogen (secondary N) is 2. The van der Waals surface area contributed by atoms with Gasteiger partial charge in [0.1, 0.15) is 12.1 Å². The molecule has 154 valence electrons. The van der Waals surface area contributed by atoms with Crippen molar-refractivity contribution in [2.75, 3.05) is 0 Å². The molecule has 2 aromatic carbocycles. The lowest BCUT2D eigenvalue weighted by Crippen LogP contribution is -2.23. The second-order valence-corrected chi connectivity index (χ2v) is 6.95. The number of hydrogen-bond acceptors (Lipinski definition) is 6. The zero-order valence-electron chi connectivity index (χ0n) is 16.7. The molecule has 8 heteroatoms. The van der Waals surface area contributed by atoms with E-state index in [4.69, 9.17) is 0 Å². The van der Waals surface area contributed by atoms with E-state index in [0.717, 1.165) is 5.56 Å². The van der Waals surface area contributed by atoms with Gasteiger partial charge >= 0.3 is 5.69 Å². The molecule has 0 aliphatic carbocycles. The summed E-state index contributed by atoms with van der Waals surface area (Å²) < 4.78 is 0. The fourth-order valence-electron chi connectivity index (χ4n) is 3.10. The van der Waals surface area contributed by atoms with Gasteiger partial charge in [-0.2, -0.15) is 4.98 Å². The number of rotatable bonds is 5. The predicted octanol–water partition coefficient (Wildman–Crippen LogP) is 2.84. The van der Waals surface area contributed by atoms with Gasteiger partial charge in [-0.1, -0.05) is 12.1 Å². The van der Waals surface area contributed by atoms with Crippen LogP contribution in [0.15, 0.2) is 71.9 Å². The Hall–Kier alpha value is -4.33. The smallest absolute Gasteiger partial charge is 0.345 e. The molecule has 0 radical (unpaired) electrons. The zero-order valence-corrected chi connectivity index (χ0v) is 16.7. The number of phenols is 1. The van der Waals surface area contributed by atoms with Crippen LogP contribution in [-0.2, 0) is 6.54 Å². The largest absolute Gasteiger partial charge is 0.508 e. The first kappa shape index (κ1) is 20.0. The highest BCUT2D eigenvalue weighted by Crippen LogP contribution is 2.26. The van der Waals surface area contributed by atoms with E-state index in [1.54, 1.807) is 67.7 Å². The Morgan fingerprint density at radius 1 is 1.10 bits per heavy atom. The molecule has 1 amide bonds. The molecule has 0 aliphatic heterocycles. The molecule has 0 saturated heterocycles. The summed E-state index contributed by atoms with van der Waals surface area (Å²) in [6.07, 6.45) is 3.04. The van der Waals surface area contributed by atoms with E-state index in [9.17, 15) is 14.7 Å². The van der Waals surface area contributed by atoms with E-state index in [-0.39, 0.29) is 18.2 Å². The molecule has 0 unspecified atom stereocenters. The highest BCUT2D eigenvalue weighted by molar-refractivity contribution is 5.95. The molecule has 0 spiro atoms. The van der Waals surface area contributed by atoms with Crippen LogP contribution in [-0.4, -0.2) is 30.9 Å². The van der Waals surface area contributed by atoms with Crippen LogP contribution >= 0.6 is 0 Å². The number of amides is 1. The first-order valence-corrected chi connectivity index (χ1v) is 9.54. The number of carbonyl (C=O) groups is 1. The lowest BCUT2D eigenvalue weighted by atomic mass is 10.0. The molecule has 4 aromatic rings. The van der Waals surface area contributed by atoms with Crippen LogP contribution in [0.5, 0.6) is 5.75 Å². The molecule has 0 atom stereocenters. The maximum atomic E-state index is 12.6. The highest BCUT2D eigenvalue weighted by Gasteiger charge is 2.11. The minimum Gasteiger partial charge on any atom is -0.508 e. The summed E-state index contributed by atoms with van der Waals surface area (Å²) in [6, 6.07) is 15.4. The van der Waals surface area contributed by atoms with E-state index >= 15 is 0 Å². The number of aromatic hydroxyl groups is 1. The Bertz CT molecular complexity index is 1300. The minimum atomic E-state index is -0.503. The summed E-state index contributed by atoms with van der Waals surface area (Å²) in [5, 5.41) is 12.6. The lowest BCUT2D eigenvalue weighted by Gasteiger charge is -2.09. The molecule has 2 heterocycles. The van der Waals surface area contributed by atoms with Crippen LogP contribution in [0.25, 0.3) is 22.5 Å². The van der Waals surface area contributed by atoms with Gasteiger partial charge < -0.3 is 15.4 Å². The molecule has 2 aromatic heterocycles. The van der Waals surface area contributed by atoms with Crippen LogP contribution in [0.1, 0.15) is 21.6 Å². The average molecular weight is 413 g/mol. The number of H-pyrrole nitrogens is 1. The number of carbonyl (C=O) groups excluding carboxylic acids is 1. The van der Waals surface area contributed by atoms with Gasteiger partial charge in [0.05, 0.1) is 23.6 Å². The maximum absolute atomic E-state index is 12.6. The fourth-order valence-corrected chi connectivity index (χ4v) is 3.10. The second kappa shape index (κ2) is 8.58. The van der Waals surface area contributed by atoms with Gasteiger partial charge in [-0.25, -0.2) is 14.8 Å². The predicted molar refractivity (Wildman–Crippen MR) is 115 cm³/mol. The Morgan fingerprint density at radius 3 is 2.74 bits per heavy atom. The third kappa shape index (κ3) is 4.64. The first-order valence-electron chi connectivity index (χ1n) is 9.54. The maximum Gasteiger partial charge on any atom is 0.345 e. The van der Waals surface area contributed by atoms with Crippen LogP contribution in [0.2, 0.25) is 0 Å². The highest BCUT2D eigenvalue weighted by atomic mass is 16.3. The Labute approximate surface area is 177 Å². The molecule has 3 N–H and O–H groups in total. The van der Waals surface area contributed by atoms with Gasteiger partial charge in [-0.3, -0.25) is 4.79 Å². The van der Waals surface area contributed by atoms with Gasteiger partial charge in [-0.15, -0.1) is 0 Å². The monoisotopic (exact) mass is 413 g/mol. The summed E-state index contributed by atoms with van der Waals surface area (Å²) in [4.78, 5) is 39.4. The Morgan fingerprint density at radius 2 is 1.97 bits per heavy atom. The fraction of sp³-hybridized carbons (Fsp3) is 0.0870. The van der Waals surface area contributed by atoms with Crippen molar-refractivity contribution in [3.8, 4) is 28.3 Å². The van der Waals surface area contributed by atoms with Crippen LogP contribution in [0, 0.1) is 6.92 Å². The van der Waals surface area contributed by atoms with Crippen molar-refractivity contribution in [3.63, 3.8) is 0 Å². The van der Waals surface area contributed by atoms with Crippen molar-refractivity contribution >= 4 is 5.91 Å². The van der Waals surface area contributed by atoms with Crippen LogP contribution < -0.4 is 11.0 Å². The normalized spacial score (nSPS) is 10.6. The van der Waals surface area contributed by atoms with Crippen molar-refractivity contribution in [2.24, 2.45) is 0 Å². The molecule has 4 rings (SSSR count). The van der Waals surface area contributed by atoms with Crippen molar-refractivity contribution in [3.05, 3.63) is 94.4 Å². The lowest BCUT2D eigenvalue weighted by molar-refractivity contribution is 0.0950. The minimum absolute atomic E-state index is 0.182. The van der Waals surface area contributed by atoms with Gasteiger partial charge in [0.2, 0.25) is 0 Å². The molecule has 31 heavy (non-hydrogen) atoms. The van der Waals surface area contributed by atoms with Gasteiger partial charge in [0.25, 0.3) is 5.91 Å². The SMILES string of the molecule is Cc1cc(-c2cc(-c3cccc(C(=O)NCc4ccncn4)c3)nc(=O)[nH]2)ccc1O. The van der Waals surface area contributed by atoms with Gasteiger partial charge in [0, 0.05) is 17.3 Å². The van der Waals surface area contributed by atoms with E-state index in [2.05, 4.69) is 25.3 Å². The summed E-state index contributed by atoms with van der Waals surface area (Å²) in [7, 11) is 0. The van der Waals surface area contributed by atoms with Crippen molar-refractivity contribution in [2.45, 2.75) is 13.5 Å². The number of phenolic OH excluding ortho intramolecular Hbond substituents is 1. The average Bonchev–Trinajstić information content (AvgIpc) is 2.79. The van der Waals surface area contributed by atoms with Gasteiger partial charge in [0.15, 0.2) is 0 Å². The number of aryl methyl sites for hydroxylation is 1. The first-order chi connectivity index (χ1) is 15.0. The molecule has 0 saturated carbocycles. The number of hydrogen-bond donors (Lipinski definition) is 3. The second-order valence-electron chi connectivity index (χ2n) is 6.95. The summed E-state index contributed by atoms with van der Waals surface area (Å²) in [6.45, 7) is 2.06. The molecular weight excluding hydrogens is 394 g/mol. The molecule has 0 bridgehead atoms. The van der Waals surface area contributed by atoms with E-state index in [1.165, 1.54) is 6.33 Å². The molecule has 0 aliphatic rings.